The van der Waals surface area contributed by atoms with Gasteiger partial charge in [0.1, 0.15) is 0 Å². The van der Waals surface area contributed by atoms with Crippen LogP contribution < -0.4 is 10.6 Å². The summed E-state index contributed by atoms with van der Waals surface area (Å²) in [6, 6.07) is 6.31. The van der Waals surface area contributed by atoms with Crippen LogP contribution in [0.4, 0.5) is 4.79 Å². The third-order valence-corrected chi connectivity index (χ3v) is 5.89. The van der Waals surface area contributed by atoms with Crippen LogP contribution in [0.15, 0.2) is 56.0 Å². The molecule has 2 amide bonds. The molecule has 0 saturated carbocycles. The Hall–Kier alpha value is -3.44. The molecule has 33 heavy (non-hydrogen) atoms. The van der Waals surface area contributed by atoms with E-state index in [0.29, 0.717) is 48.4 Å². The molecule has 10 nitrogen and oxygen atoms in total. The van der Waals surface area contributed by atoms with Crippen molar-refractivity contribution in [3.8, 4) is 11.7 Å². The van der Waals surface area contributed by atoms with Gasteiger partial charge in [-0.05, 0) is 43.5 Å². The van der Waals surface area contributed by atoms with Crippen LogP contribution in [0.25, 0.3) is 11.7 Å². The number of nitrogens with zero attached hydrogens (tertiary/aromatic N) is 3. The summed E-state index contributed by atoms with van der Waals surface area (Å²) in [6.45, 7) is 5.36. The van der Waals surface area contributed by atoms with E-state index in [1.54, 1.807) is 19.1 Å². The highest BCUT2D eigenvalue weighted by Gasteiger charge is 2.35. The lowest BCUT2D eigenvalue weighted by molar-refractivity contribution is -0.139. The first kappa shape index (κ1) is 22.7. The lowest BCUT2D eigenvalue weighted by Gasteiger charge is -2.31. The molecule has 4 heterocycles. The number of esters is 1. The van der Waals surface area contributed by atoms with E-state index in [4.69, 9.17) is 13.6 Å². The number of rotatable bonds is 10. The number of amides is 2. The number of nitrogens with one attached hydrogen (secondary N) is 2. The number of thiophene rings is 1. The van der Waals surface area contributed by atoms with Gasteiger partial charge in [-0.25, -0.2) is 9.59 Å². The van der Waals surface area contributed by atoms with Crippen LogP contribution in [0, 0.1) is 0 Å². The SMILES string of the molecule is CCCN(CC1=C(C(=O)OCC)C(c2cccs2)NC(=O)N1)Cc1nnc(-c2ccco2)o1. The summed E-state index contributed by atoms with van der Waals surface area (Å²) in [4.78, 5) is 28.3. The molecule has 11 heteroatoms. The van der Waals surface area contributed by atoms with Crippen molar-refractivity contribution in [1.29, 1.82) is 0 Å². The molecule has 0 fully saturated rings. The van der Waals surface area contributed by atoms with E-state index in [0.717, 1.165) is 11.3 Å². The van der Waals surface area contributed by atoms with Gasteiger partial charge in [0.15, 0.2) is 5.76 Å². The maximum Gasteiger partial charge on any atom is 0.338 e. The van der Waals surface area contributed by atoms with Crippen molar-refractivity contribution in [3.05, 3.63) is 57.9 Å². The molecule has 3 aromatic heterocycles. The maximum atomic E-state index is 12.9. The predicted octanol–water partition coefficient (Wildman–Crippen LogP) is 3.47. The van der Waals surface area contributed by atoms with E-state index in [1.807, 2.05) is 29.3 Å². The van der Waals surface area contributed by atoms with Crippen molar-refractivity contribution in [3.63, 3.8) is 0 Å². The number of ether oxygens (including phenoxy) is 1. The number of hydrogen-bond donors (Lipinski definition) is 2. The molecule has 1 unspecified atom stereocenters. The number of carbonyl (C=O) groups excluding carboxylic acids is 2. The summed E-state index contributed by atoms with van der Waals surface area (Å²) < 4.78 is 16.4. The highest BCUT2D eigenvalue weighted by Crippen LogP contribution is 2.31. The van der Waals surface area contributed by atoms with Crippen LogP contribution in [0.2, 0.25) is 0 Å². The molecule has 0 aromatic carbocycles. The van der Waals surface area contributed by atoms with Crippen molar-refractivity contribution in [2.24, 2.45) is 0 Å². The van der Waals surface area contributed by atoms with Gasteiger partial charge in [-0.1, -0.05) is 13.0 Å². The Bertz CT molecular complexity index is 1110. The van der Waals surface area contributed by atoms with Crippen LogP contribution in [0.3, 0.4) is 0 Å². The summed E-state index contributed by atoms with van der Waals surface area (Å²) in [6.07, 6.45) is 2.39. The topological polar surface area (TPSA) is 123 Å². The summed E-state index contributed by atoms with van der Waals surface area (Å²) in [5.41, 5.74) is 0.886. The molecule has 0 radical (unpaired) electrons. The molecule has 1 aliphatic rings. The molecule has 1 aliphatic heterocycles. The van der Waals surface area contributed by atoms with E-state index in [2.05, 4.69) is 20.8 Å². The van der Waals surface area contributed by atoms with E-state index in [1.165, 1.54) is 17.6 Å². The molecule has 0 saturated heterocycles. The number of aromatic nitrogens is 2. The molecule has 0 aliphatic carbocycles. The lowest BCUT2D eigenvalue weighted by Crippen LogP contribution is -2.48. The fourth-order valence-electron chi connectivity index (χ4n) is 3.62. The normalized spacial score (nSPS) is 16.1. The van der Waals surface area contributed by atoms with Crippen molar-refractivity contribution >= 4 is 23.3 Å². The average molecular weight is 472 g/mol. The second kappa shape index (κ2) is 10.5. The summed E-state index contributed by atoms with van der Waals surface area (Å²) in [5, 5.41) is 15.7. The Balaban J connectivity index is 1.61. The fraction of sp³-hybridized carbons (Fsp3) is 0.364. The van der Waals surface area contributed by atoms with E-state index in [9.17, 15) is 9.59 Å². The Kier molecular flexibility index (Phi) is 7.20. The van der Waals surface area contributed by atoms with E-state index >= 15 is 0 Å². The van der Waals surface area contributed by atoms with E-state index in [-0.39, 0.29) is 12.6 Å². The van der Waals surface area contributed by atoms with Gasteiger partial charge in [0.2, 0.25) is 5.89 Å². The van der Waals surface area contributed by atoms with Crippen LogP contribution in [0.1, 0.15) is 37.1 Å². The molecule has 4 rings (SSSR count). The summed E-state index contributed by atoms with van der Waals surface area (Å²) >= 11 is 1.47. The standard InChI is InChI=1S/C22H25N5O5S/c1-3-9-27(13-17-25-26-20(32-17)15-7-5-10-31-15)12-14-18(21(28)30-4-2)19(24-22(29)23-14)16-8-6-11-33-16/h5-8,10-11,19H,3-4,9,12-13H2,1-2H3,(H2,23,24,29). The highest BCUT2D eigenvalue weighted by molar-refractivity contribution is 7.10. The molecule has 174 valence electrons. The zero-order valence-electron chi connectivity index (χ0n) is 18.4. The van der Waals surface area contributed by atoms with Gasteiger partial charge >= 0.3 is 12.0 Å². The van der Waals surface area contributed by atoms with Gasteiger partial charge < -0.3 is 24.2 Å². The fourth-order valence-corrected chi connectivity index (χ4v) is 4.41. The molecule has 3 aromatic rings. The second-order valence-corrected chi connectivity index (χ2v) is 8.33. The quantitative estimate of drug-likeness (QED) is 0.431. The number of carbonyl (C=O) groups is 2. The van der Waals surface area contributed by atoms with Crippen LogP contribution in [-0.4, -0.2) is 46.8 Å². The van der Waals surface area contributed by atoms with Crippen LogP contribution >= 0.6 is 11.3 Å². The Morgan fingerprint density at radius 2 is 2.12 bits per heavy atom. The van der Waals surface area contributed by atoms with Crippen molar-refractivity contribution in [1.82, 2.24) is 25.7 Å². The Labute approximate surface area is 194 Å². The van der Waals surface area contributed by atoms with Crippen LogP contribution in [0.5, 0.6) is 0 Å². The number of urea groups is 1. The second-order valence-electron chi connectivity index (χ2n) is 7.35. The van der Waals surface area contributed by atoms with Crippen molar-refractivity contribution in [2.75, 3.05) is 19.7 Å². The number of furan rings is 1. The highest BCUT2D eigenvalue weighted by atomic mass is 32.1. The van der Waals surface area contributed by atoms with Crippen LogP contribution in [-0.2, 0) is 16.1 Å². The number of hydrogen-bond acceptors (Lipinski definition) is 9. The van der Waals surface area contributed by atoms with Gasteiger partial charge in [0.25, 0.3) is 5.89 Å². The first-order chi connectivity index (χ1) is 16.1. The predicted molar refractivity (Wildman–Crippen MR) is 120 cm³/mol. The molecular weight excluding hydrogens is 446 g/mol. The van der Waals surface area contributed by atoms with Crippen molar-refractivity contribution in [2.45, 2.75) is 32.9 Å². The van der Waals surface area contributed by atoms with Crippen molar-refractivity contribution < 1.29 is 23.2 Å². The van der Waals surface area contributed by atoms with E-state index < -0.39 is 12.0 Å². The Morgan fingerprint density at radius 3 is 2.82 bits per heavy atom. The molecule has 0 spiro atoms. The third kappa shape index (κ3) is 5.32. The maximum absolute atomic E-state index is 12.9. The average Bonchev–Trinajstić information content (AvgIpc) is 3.55. The summed E-state index contributed by atoms with van der Waals surface area (Å²) in [7, 11) is 0. The minimum atomic E-state index is -0.578. The lowest BCUT2D eigenvalue weighted by atomic mass is 10.0. The third-order valence-electron chi connectivity index (χ3n) is 4.96. The minimum absolute atomic E-state index is 0.233. The summed E-state index contributed by atoms with van der Waals surface area (Å²) in [5.74, 6) is 0.731. The molecule has 1 atom stereocenters. The van der Waals surface area contributed by atoms with Gasteiger partial charge in [-0.2, -0.15) is 0 Å². The molecular formula is C22H25N5O5S. The van der Waals surface area contributed by atoms with Gasteiger partial charge in [-0.15, -0.1) is 21.5 Å². The smallest absolute Gasteiger partial charge is 0.338 e. The largest absolute Gasteiger partial charge is 0.463 e. The Morgan fingerprint density at radius 1 is 1.24 bits per heavy atom. The first-order valence-corrected chi connectivity index (χ1v) is 11.6. The first-order valence-electron chi connectivity index (χ1n) is 10.7. The monoisotopic (exact) mass is 471 g/mol. The van der Waals surface area contributed by atoms with Gasteiger partial charge in [0.05, 0.1) is 31.0 Å². The molecule has 0 bridgehead atoms. The minimum Gasteiger partial charge on any atom is -0.463 e. The van der Waals surface area contributed by atoms with Gasteiger partial charge in [-0.3, -0.25) is 4.90 Å². The van der Waals surface area contributed by atoms with Gasteiger partial charge in [0, 0.05) is 17.1 Å². The zero-order chi connectivity index (χ0) is 23.2. The molecule has 2 N–H and O–H groups in total. The zero-order valence-corrected chi connectivity index (χ0v) is 19.2.